The van der Waals surface area contributed by atoms with Gasteiger partial charge in [-0.25, -0.2) is 4.79 Å². The van der Waals surface area contributed by atoms with Crippen LogP contribution in [-0.4, -0.2) is 66.2 Å². The number of carbonyl (C=O) groups is 5. The van der Waals surface area contributed by atoms with E-state index in [-0.39, 0.29) is 26.0 Å². The Balaban J connectivity index is 2.45. The molecule has 0 aliphatic carbocycles. The van der Waals surface area contributed by atoms with E-state index >= 15 is 0 Å². The normalized spacial score (nSPS) is 14.3. The first-order valence-corrected chi connectivity index (χ1v) is 12.4. The van der Waals surface area contributed by atoms with Crippen LogP contribution in [0.1, 0.15) is 59.9 Å². The molecule has 0 heterocycles. The molecule has 12 heteroatoms. The molecular weight excluding hydrogens is 496 g/mol. The highest BCUT2D eigenvalue weighted by Gasteiger charge is 2.26. The number of hydrogen-bond acceptors (Lipinski definition) is 8. The van der Waals surface area contributed by atoms with Gasteiger partial charge in [-0.05, 0) is 53.5 Å². The first-order chi connectivity index (χ1) is 17.7. The van der Waals surface area contributed by atoms with Crippen LogP contribution in [0.4, 0.5) is 4.79 Å². The minimum atomic E-state index is -1.13. The molecule has 0 radical (unpaired) electrons. The number of nitrogens with two attached hydrogens (primary N) is 1. The fraction of sp³-hybridized carbons (Fsp3) is 0.577. The summed E-state index contributed by atoms with van der Waals surface area (Å²) < 4.78 is 15.9. The number of alkyl carbamates (subject to hydrolysis) is 1. The van der Waals surface area contributed by atoms with Crippen LogP contribution in [0.25, 0.3) is 0 Å². The van der Waals surface area contributed by atoms with Crippen molar-refractivity contribution < 1.29 is 38.2 Å². The van der Waals surface area contributed by atoms with Crippen LogP contribution in [-0.2, 0) is 40.0 Å². The van der Waals surface area contributed by atoms with E-state index in [0.29, 0.717) is 0 Å². The van der Waals surface area contributed by atoms with Crippen molar-refractivity contribution in [3.8, 4) is 0 Å². The number of amides is 4. The lowest BCUT2D eigenvalue weighted by Gasteiger charge is -2.23. The van der Waals surface area contributed by atoms with Gasteiger partial charge in [-0.15, -0.1) is 0 Å². The van der Waals surface area contributed by atoms with E-state index in [2.05, 4.69) is 16.0 Å². The van der Waals surface area contributed by atoms with Crippen LogP contribution in [0.5, 0.6) is 0 Å². The third-order valence-electron chi connectivity index (χ3n) is 5.03. The Morgan fingerprint density at radius 1 is 0.947 bits per heavy atom. The molecular formula is C26H40N4O8. The SMILES string of the molecule is C[C@H](NC(=O)[C@@H](C)O[C@@H](C)CNC(=O)OC(C)(C)C)C(=O)N[C@H](CCC(=O)OCc1ccccc1)C(N)=O. The number of carbonyl (C=O) groups excluding carboxylic acids is 5. The van der Waals surface area contributed by atoms with E-state index in [9.17, 15) is 24.0 Å². The lowest BCUT2D eigenvalue weighted by molar-refractivity contribution is -0.145. The summed E-state index contributed by atoms with van der Waals surface area (Å²) in [6.07, 6.45) is -2.26. The van der Waals surface area contributed by atoms with Crippen LogP contribution < -0.4 is 21.7 Å². The molecule has 1 aromatic carbocycles. The smallest absolute Gasteiger partial charge is 0.407 e. The van der Waals surface area contributed by atoms with Crippen LogP contribution in [0, 0.1) is 0 Å². The summed E-state index contributed by atoms with van der Waals surface area (Å²) in [5.74, 6) is -2.60. The van der Waals surface area contributed by atoms with Gasteiger partial charge in [0.2, 0.25) is 17.7 Å². The number of ether oxygens (including phenoxy) is 3. The Hall–Kier alpha value is -3.67. The summed E-state index contributed by atoms with van der Waals surface area (Å²) in [6.45, 7) is 10.0. The number of primary amides is 1. The molecule has 5 N–H and O–H groups in total. The van der Waals surface area contributed by atoms with Crippen LogP contribution in [0.2, 0.25) is 0 Å². The summed E-state index contributed by atoms with van der Waals surface area (Å²) in [6, 6.07) is 6.95. The molecule has 0 saturated heterocycles. The van der Waals surface area contributed by atoms with Gasteiger partial charge in [-0.3, -0.25) is 19.2 Å². The zero-order valence-corrected chi connectivity index (χ0v) is 22.9. The molecule has 38 heavy (non-hydrogen) atoms. The van der Waals surface area contributed by atoms with Crippen LogP contribution >= 0.6 is 0 Å². The zero-order valence-electron chi connectivity index (χ0n) is 22.9. The maximum atomic E-state index is 12.5. The number of benzene rings is 1. The lowest BCUT2D eigenvalue weighted by Crippen LogP contribution is -2.53. The molecule has 0 aromatic heterocycles. The highest BCUT2D eigenvalue weighted by molar-refractivity contribution is 5.92. The molecule has 0 unspecified atom stereocenters. The highest BCUT2D eigenvalue weighted by Crippen LogP contribution is 2.07. The first kappa shape index (κ1) is 32.4. The van der Waals surface area contributed by atoms with Crippen molar-refractivity contribution in [1.29, 1.82) is 0 Å². The van der Waals surface area contributed by atoms with Crippen molar-refractivity contribution in [3.05, 3.63) is 35.9 Å². The fourth-order valence-corrected chi connectivity index (χ4v) is 3.05. The van der Waals surface area contributed by atoms with E-state index in [1.54, 1.807) is 27.7 Å². The van der Waals surface area contributed by atoms with Crippen LogP contribution in [0.15, 0.2) is 30.3 Å². The maximum absolute atomic E-state index is 12.5. The minimum Gasteiger partial charge on any atom is -0.461 e. The highest BCUT2D eigenvalue weighted by atomic mass is 16.6. The second-order valence-corrected chi connectivity index (χ2v) is 9.85. The number of hydrogen-bond donors (Lipinski definition) is 4. The van der Waals surface area contributed by atoms with Crippen molar-refractivity contribution in [2.75, 3.05) is 6.54 Å². The molecule has 0 bridgehead atoms. The van der Waals surface area contributed by atoms with Gasteiger partial charge in [0.1, 0.15) is 30.4 Å². The van der Waals surface area contributed by atoms with Crippen molar-refractivity contribution in [2.24, 2.45) is 5.73 Å². The Bertz CT molecular complexity index is 948. The monoisotopic (exact) mass is 536 g/mol. The first-order valence-electron chi connectivity index (χ1n) is 12.4. The van der Waals surface area contributed by atoms with E-state index < -0.39 is 59.7 Å². The Morgan fingerprint density at radius 3 is 2.16 bits per heavy atom. The third-order valence-corrected chi connectivity index (χ3v) is 5.03. The van der Waals surface area contributed by atoms with Gasteiger partial charge < -0.3 is 35.9 Å². The summed E-state index contributed by atoms with van der Waals surface area (Å²) in [5, 5.41) is 7.49. The third kappa shape index (κ3) is 13.6. The number of esters is 1. The summed E-state index contributed by atoms with van der Waals surface area (Å²) in [5.41, 5.74) is 5.55. The molecule has 212 valence electrons. The molecule has 0 aliphatic rings. The quantitative estimate of drug-likeness (QED) is 0.257. The molecule has 0 saturated carbocycles. The number of nitrogens with one attached hydrogen (secondary N) is 3. The molecule has 4 atom stereocenters. The van der Waals surface area contributed by atoms with Gasteiger partial charge in [-0.1, -0.05) is 30.3 Å². The minimum absolute atomic E-state index is 0.0585. The molecule has 0 fully saturated rings. The Kier molecular flexibility index (Phi) is 13.2. The van der Waals surface area contributed by atoms with Gasteiger partial charge in [0.25, 0.3) is 0 Å². The van der Waals surface area contributed by atoms with Crippen molar-refractivity contribution in [1.82, 2.24) is 16.0 Å². The van der Waals surface area contributed by atoms with E-state index in [1.807, 2.05) is 30.3 Å². The van der Waals surface area contributed by atoms with Gasteiger partial charge in [0.05, 0.1) is 6.10 Å². The lowest BCUT2D eigenvalue weighted by atomic mass is 10.1. The van der Waals surface area contributed by atoms with Gasteiger partial charge >= 0.3 is 12.1 Å². The maximum Gasteiger partial charge on any atom is 0.407 e. The Morgan fingerprint density at radius 2 is 1.58 bits per heavy atom. The predicted octanol–water partition coefficient (Wildman–Crippen LogP) is 1.30. The summed E-state index contributed by atoms with van der Waals surface area (Å²) in [7, 11) is 0. The van der Waals surface area contributed by atoms with Gasteiger partial charge in [0, 0.05) is 13.0 Å². The topological polar surface area (TPSA) is 175 Å². The molecule has 1 aromatic rings. The molecule has 12 nitrogen and oxygen atoms in total. The summed E-state index contributed by atoms with van der Waals surface area (Å²) >= 11 is 0. The molecule has 0 spiro atoms. The largest absolute Gasteiger partial charge is 0.461 e. The van der Waals surface area contributed by atoms with Crippen molar-refractivity contribution in [3.63, 3.8) is 0 Å². The van der Waals surface area contributed by atoms with Crippen molar-refractivity contribution >= 4 is 29.8 Å². The molecule has 1 rings (SSSR count). The van der Waals surface area contributed by atoms with Gasteiger partial charge in [0.15, 0.2) is 0 Å². The predicted molar refractivity (Wildman–Crippen MR) is 138 cm³/mol. The average Bonchev–Trinajstić information content (AvgIpc) is 2.83. The van der Waals surface area contributed by atoms with Gasteiger partial charge in [-0.2, -0.15) is 0 Å². The van der Waals surface area contributed by atoms with E-state index in [0.717, 1.165) is 5.56 Å². The average molecular weight is 537 g/mol. The van der Waals surface area contributed by atoms with Crippen LogP contribution in [0.3, 0.4) is 0 Å². The standard InChI is InChI=1S/C26H40N4O8/c1-16(14-28-25(35)38-26(4,5)6)37-18(3)24(34)29-17(2)23(33)30-20(22(27)32)12-13-21(31)36-15-19-10-8-7-9-11-19/h7-11,16-18,20H,12-15H2,1-6H3,(H2,27,32)(H,28,35)(H,29,34)(H,30,33)/t16-,17-,18+,20+/m0/s1. The van der Waals surface area contributed by atoms with E-state index in [4.69, 9.17) is 19.9 Å². The zero-order chi connectivity index (χ0) is 28.9. The molecule has 4 amide bonds. The number of rotatable bonds is 14. The summed E-state index contributed by atoms with van der Waals surface area (Å²) in [4.78, 5) is 60.6. The molecule has 0 aliphatic heterocycles. The second kappa shape index (κ2) is 15.6. The Labute approximate surface area is 223 Å². The fourth-order valence-electron chi connectivity index (χ4n) is 3.05. The van der Waals surface area contributed by atoms with E-state index in [1.165, 1.54) is 13.8 Å². The second-order valence-electron chi connectivity index (χ2n) is 9.85. The van der Waals surface area contributed by atoms with Crippen molar-refractivity contribution in [2.45, 2.75) is 90.9 Å².